The fourth-order valence-electron chi connectivity index (χ4n) is 2.59. The first-order chi connectivity index (χ1) is 11.0. The van der Waals surface area contributed by atoms with E-state index in [0.717, 1.165) is 31.4 Å². The number of hydrogen-bond acceptors (Lipinski definition) is 3. The van der Waals surface area contributed by atoms with Crippen LogP contribution in [0.3, 0.4) is 0 Å². The van der Waals surface area contributed by atoms with Crippen LogP contribution in [0, 0.1) is 0 Å². The van der Waals surface area contributed by atoms with Crippen LogP contribution in [-0.4, -0.2) is 42.4 Å². The van der Waals surface area contributed by atoms with Gasteiger partial charge in [-0.2, -0.15) is 0 Å². The molecule has 1 aliphatic rings. The van der Waals surface area contributed by atoms with E-state index in [1.54, 1.807) is 11.9 Å². The molecule has 0 saturated carbocycles. The van der Waals surface area contributed by atoms with E-state index < -0.39 is 0 Å². The summed E-state index contributed by atoms with van der Waals surface area (Å²) in [6, 6.07) is 7.54. The summed E-state index contributed by atoms with van der Waals surface area (Å²) >= 11 is 0. The van der Waals surface area contributed by atoms with Crippen LogP contribution >= 0.6 is 0 Å². The molecule has 1 fully saturated rings. The SMILES string of the molecule is CC(C)N(C)C(=O)c1ccc(CNC(=O)[C@H]2CCCCN2)cc1. The molecular formula is C18H27N3O2. The molecule has 0 unspecified atom stereocenters. The Morgan fingerprint density at radius 1 is 1.26 bits per heavy atom. The van der Waals surface area contributed by atoms with Crippen molar-refractivity contribution in [2.75, 3.05) is 13.6 Å². The maximum Gasteiger partial charge on any atom is 0.253 e. The van der Waals surface area contributed by atoms with Gasteiger partial charge in [-0.05, 0) is 50.9 Å². The number of carbonyl (C=O) groups excluding carboxylic acids is 2. The van der Waals surface area contributed by atoms with Crippen LogP contribution < -0.4 is 10.6 Å². The summed E-state index contributed by atoms with van der Waals surface area (Å²) in [4.78, 5) is 26.0. The molecule has 1 heterocycles. The summed E-state index contributed by atoms with van der Waals surface area (Å²) in [7, 11) is 1.80. The molecule has 1 atom stereocenters. The number of hydrogen-bond donors (Lipinski definition) is 2. The first-order valence-corrected chi connectivity index (χ1v) is 8.36. The van der Waals surface area contributed by atoms with Crippen LogP contribution in [0.4, 0.5) is 0 Å². The van der Waals surface area contributed by atoms with Gasteiger partial charge in [-0.3, -0.25) is 9.59 Å². The van der Waals surface area contributed by atoms with Gasteiger partial charge in [0.05, 0.1) is 6.04 Å². The number of benzene rings is 1. The van der Waals surface area contributed by atoms with Crippen molar-refractivity contribution in [1.29, 1.82) is 0 Å². The maximum atomic E-state index is 12.2. The van der Waals surface area contributed by atoms with Gasteiger partial charge >= 0.3 is 0 Å². The Hall–Kier alpha value is -1.88. The Labute approximate surface area is 138 Å². The van der Waals surface area contributed by atoms with Gasteiger partial charge in [0, 0.05) is 25.2 Å². The van der Waals surface area contributed by atoms with Crippen molar-refractivity contribution in [3.8, 4) is 0 Å². The summed E-state index contributed by atoms with van der Waals surface area (Å²) in [6.45, 7) is 5.38. The van der Waals surface area contributed by atoms with Gasteiger partial charge in [0.15, 0.2) is 0 Å². The molecule has 5 nitrogen and oxygen atoms in total. The Morgan fingerprint density at radius 2 is 1.96 bits per heavy atom. The molecule has 2 amide bonds. The zero-order valence-corrected chi connectivity index (χ0v) is 14.3. The second-order valence-corrected chi connectivity index (χ2v) is 6.43. The standard InChI is InChI=1S/C18H27N3O2/c1-13(2)21(3)18(23)15-9-7-14(8-10-15)12-20-17(22)16-6-4-5-11-19-16/h7-10,13,16,19H,4-6,11-12H2,1-3H3,(H,20,22)/t16-/m1/s1. The first-order valence-electron chi connectivity index (χ1n) is 8.36. The predicted octanol–water partition coefficient (Wildman–Crippen LogP) is 1.93. The predicted molar refractivity (Wildman–Crippen MR) is 91.2 cm³/mol. The normalized spacial score (nSPS) is 17.8. The molecule has 1 aromatic carbocycles. The third-order valence-corrected chi connectivity index (χ3v) is 4.39. The van der Waals surface area contributed by atoms with E-state index in [4.69, 9.17) is 0 Å². The van der Waals surface area contributed by atoms with Gasteiger partial charge in [0.2, 0.25) is 5.91 Å². The molecule has 0 aromatic heterocycles. The monoisotopic (exact) mass is 317 g/mol. The van der Waals surface area contributed by atoms with Crippen LogP contribution in [-0.2, 0) is 11.3 Å². The highest BCUT2D eigenvalue weighted by Gasteiger charge is 2.20. The van der Waals surface area contributed by atoms with Gasteiger partial charge in [0.25, 0.3) is 5.91 Å². The minimum atomic E-state index is -0.0655. The Morgan fingerprint density at radius 3 is 2.52 bits per heavy atom. The van der Waals surface area contributed by atoms with Crippen molar-refractivity contribution in [2.45, 2.75) is 51.7 Å². The molecule has 2 N–H and O–H groups in total. The van der Waals surface area contributed by atoms with E-state index in [0.29, 0.717) is 12.1 Å². The lowest BCUT2D eigenvalue weighted by Crippen LogP contribution is -2.46. The lowest BCUT2D eigenvalue weighted by atomic mass is 10.0. The molecule has 1 aliphatic heterocycles. The minimum absolute atomic E-state index is 0.0157. The van der Waals surface area contributed by atoms with Crippen LogP contribution in [0.1, 0.15) is 49.0 Å². The van der Waals surface area contributed by atoms with Crippen molar-refractivity contribution in [1.82, 2.24) is 15.5 Å². The summed E-state index contributed by atoms with van der Waals surface area (Å²) in [6.07, 6.45) is 3.15. The third-order valence-electron chi connectivity index (χ3n) is 4.39. The maximum absolute atomic E-state index is 12.2. The van der Waals surface area contributed by atoms with Crippen molar-refractivity contribution in [3.05, 3.63) is 35.4 Å². The van der Waals surface area contributed by atoms with E-state index in [1.807, 2.05) is 38.1 Å². The van der Waals surface area contributed by atoms with Crippen molar-refractivity contribution in [2.24, 2.45) is 0 Å². The summed E-state index contributed by atoms with van der Waals surface area (Å²) < 4.78 is 0. The second kappa shape index (κ2) is 8.11. The van der Waals surface area contributed by atoms with Crippen molar-refractivity contribution < 1.29 is 9.59 Å². The molecule has 1 aromatic rings. The number of nitrogens with zero attached hydrogens (tertiary/aromatic N) is 1. The highest BCUT2D eigenvalue weighted by Crippen LogP contribution is 2.10. The van der Waals surface area contributed by atoms with Crippen LogP contribution in [0.15, 0.2) is 24.3 Å². The number of carbonyl (C=O) groups is 2. The van der Waals surface area contributed by atoms with Gasteiger partial charge in [-0.15, -0.1) is 0 Å². The van der Waals surface area contributed by atoms with Crippen molar-refractivity contribution in [3.63, 3.8) is 0 Å². The zero-order valence-electron chi connectivity index (χ0n) is 14.3. The second-order valence-electron chi connectivity index (χ2n) is 6.43. The van der Waals surface area contributed by atoms with Gasteiger partial charge in [0.1, 0.15) is 0 Å². The topological polar surface area (TPSA) is 61.4 Å². The van der Waals surface area contributed by atoms with E-state index in [-0.39, 0.29) is 23.9 Å². The Bertz CT molecular complexity index is 534. The van der Waals surface area contributed by atoms with Gasteiger partial charge in [-0.25, -0.2) is 0 Å². The fourth-order valence-corrected chi connectivity index (χ4v) is 2.59. The summed E-state index contributed by atoms with van der Waals surface area (Å²) in [5, 5.41) is 6.20. The minimum Gasteiger partial charge on any atom is -0.351 e. The number of amides is 2. The highest BCUT2D eigenvalue weighted by molar-refractivity contribution is 5.94. The highest BCUT2D eigenvalue weighted by atomic mass is 16.2. The van der Waals surface area contributed by atoms with Crippen LogP contribution in [0.25, 0.3) is 0 Å². The van der Waals surface area contributed by atoms with Crippen molar-refractivity contribution >= 4 is 11.8 Å². The Kier molecular flexibility index (Phi) is 6.16. The molecular weight excluding hydrogens is 290 g/mol. The van der Waals surface area contributed by atoms with Gasteiger partial charge in [-0.1, -0.05) is 18.6 Å². The molecule has 23 heavy (non-hydrogen) atoms. The van der Waals surface area contributed by atoms with E-state index >= 15 is 0 Å². The van der Waals surface area contributed by atoms with Crippen LogP contribution in [0.2, 0.25) is 0 Å². The van der Waals surface area contributed by atoms with E-state index in [1.165, 1.54) is 0 Å². The van der Waals surface area contributed by atoms with Gasteiger partial charge < -0.3 is 15.5 Å². The smallest absolute Gasteiger partial charge is 0.253 e. The number of piperidine rings is 1. The number of rotatable bonds is 5. The van der Waals surface area contributed by atoms with Crippen LogP contribution in [0.5, 0.6) is 0 Å². The quantitative estimate of drug-likeness (QED) is 0.872. The summed E-state index contributed by atoms with van der Waals surface area (Å²) in [5.41, 5.74) is 1.67. The fraction of sp³-hybridized carbons (Fsp3) is 0.556. The van der Waals surface area contributed by atoms with E-state index in [9.17, 15) is 9.59 Å². The van der Waals surface area contributed by atoms with E-state index in [2.05, 4.69) is 10.6 Å². The molecule has 126 valence electrons. The number of nitrogens with one attached hydrogen (secondary N) is 2. The molecule has 0 radical (unpaired) electrons. The largest absolute Gasteiger partial charge is 0.351 e. The third kappa shape index (κ3) is 4.79. The average Bonchev–Trinajstić information content (AvgIpc) is 2.59. The molecule has 5 heteroatoms. The first kappa shape index (κ1) is 17.5. The molecule has 0 spiro atoms. The zero-order chi connectivity index (χ0) is 16.8. The molecule has 1 saturated heterocycles. The molecule has 0 aliphatic carbocycles. The lowest BCUT2D eigenvalue weighted by molar-refractivity contribution is -0.123. The lowest BCUT2D eigenvalue weighted by Gasteiger charge is -2.22. The molecule has 0 bridgehead atoms. The Balaban J connectivity index is 1.87. The molecule has 2 rings (SSSR count). The summed E-state index contributed by atoms with van der Waals surface area (Å²) in [5.74, 6) is 0.0754. The average molecular weight is 317 g/mol.